The molecule has 11 rings (SSSR count). The predicted octanol–water partition coefficient (Wildman–Crippen LogP) is -5.50. The molecule has 37 atom stereocenters. The molecule has 2 unspecified atom stereocenters. The van der Waals surface area contributed by atoms with Gasteiger partial charge < -0.3 is 149 Å². The van der Waals surface area contributed by atoms with Gasteiger partial charge in [0.15, 0.2) is 37.6 Å². The van der Waals surface area contributed by atoms with Crippen LogP contribution in [0, 0.1) is 50.2 Å². The summed E-state index contributed by atoms with van der Waals surface area (Å²) >= 11 is 0. The van der Waals surface area contributed by atoms with Gasteiger partial charge in [-0.25, -0.2) is 0 Å². The number of allylic oxidation sites excluding steroid dienone is 2. The smallest absolute Gasteiger partial charge is 0.315 e. The highest BCUT2D eigenvalue weighted by Crippen LogP contribution is 2.76. The van der Waals surface area contributed by atoms with Crippen molar-refractivity contribution in [3.8, 4) is 0 Å². The molecule has 0 spiro atoms. The maximum atomic E-state index is 15.7. The number of carbonyl (C=O) groups excluding carboxylic acids is 1. The van der Waals surface area contributed by atoms with Crippen molar-refractivity contribution >= 4 is 5.97 Å². The lowest BCUT2D eigenvalue weighted by atomic mass is 9.33. The van der Waals surface area contributed by atoms with Crippen molar-refractivity contribution in [2.75, 3.05) is 39.6 Å². The van der Waals surface area contributed by atoms with Crippen LogP contribution in [-0.4, -0.2) is 315 Å². The van der Waals surface area contributed by atoms with Gasteiger partial charge in [0.05, 0.1) is 75.6 Å². The van der Waals surface area contributed by atoms with Crippen molar-refractivity contribution in [3.05, 3.63) is 11.6 Å². The van der Waals surface area contributed by atoms with E-state index < -0.39 is 262 Å². The molecule has 94 heavy (non-hydrogen) atoms. The monoisotopic (exact) mass is 1350 g/mol. The molecule has 5 aliphatic carbocycles. The van der Waals surface area contributed by atoms with E-state index in [4.69, 9.17) is 56.8 Å². The van der Waals surface area contributed by atoms with Gasteiger partial charge in [-0.05, 0) is 98.7 Å². The first kappa shape index (κ1) is 73.3. The highest BCUT2D eigenvalue weighted by molar-refractivity contribution is 5.79. The summed E-state index contributed by atoms with van der Waals surface area (Å²) in [7, 11) is 0. The van der Waals surface area contributed by atoms with Gasteiger partial charge in [-0.1, -0.05) is 53.2 Å². The van der Waals surface area contributed by atoms with Gasteiger partial charge in [-0.15, -0.1) is 0 Å². The summed E-state index contributed by atoms with van der Waals surface area (Å²) < 4.78 is 72.0. The Bertz CT molecular complexity index is 2680. The second-order valence-corrected chi connectivity index (χ2v) is 30.8. The van der Waals surface area contributed by atoms with E-state index >= 15 is 4.79 Å². The predicted molar refractivity (Wildman–Crippen MR) is 311 cm³/mol. The zero-order valence-corrected chi connectivity index (χ0v) is 54.2. The van der Waals surface area contributed by atoms with Gasteiger partial charge in [-0.3, -0.25) is 4.79 Å². The number of fused-ring (bicyclic) bond motifs is 7. The molecule has 4 saturated carbocycles. The number of carbonyl (C=O) groups is 1. The average molecular weight is 1360 g/mol. The Morgan fingerprint density at radius 1 is 0.532 bits per heavy atom. The quantitative estimate of drug-likeness (QED) is 0.0413. The number of ether oxygens (including phenoxy) is 12. The molecule has 0 radical (unpaired) electrons. The Kier molecular flexibility index (Phi) is 20.9. The van der Waals surface area contributed by atoms with E-state index in [-0.39, 0.29) is 30.6 Å². The summed E-state index contributed by atoms with van der Waals surface area (Å²) in [6, 6.07) is 0. The SMILES string of the molecule is C[C@@H]1O[C@@H](O[C@H]2[C@@H](O)[C@H](O[C@H]3[C@H](OC(=O)[C@]45CCC(C)(C)C[C@H]4C4=CCC6[C@@]7(C)C[C@H](O)[C@H](O[C@@H]8O[C@H](CO)[C@@H](O)[C@H](O)[C@H]8O)[C@@](C)(CO)C7[C@H](O)C[C@@]6(C)[C@]4(C)CC5)OC[C@H](O)[C@@H]3O)O[C@@H](C)[C@@H]2O[C@@H]2OC[C@@H](O)[C@H](O[C@@H]3OC[C@](O)(CO)[C@H]3O)[C@H]2O)[C@H](O)[C@H](O)[C@H]1O. The van der Waals surface area contributed by atoms with E-state index in [1.807, 2.05) is 6.92 Å². The summed E-state index contributed by atoms with van der Waals surface area (Å²) in [5.41, 5.74) is -6.29. The lowest BCUT2D eigenvalue weighted by Gasteiger charge is -2.72. The third kappa shape index (κ3) is 12.1. The lowest BCUT2D eigenvalue weighted by molar-refractivity contribution is -0.393. The molecule has 6 aliphatic heterocycles. The van der Waals surface area contributed by atoms with Crippen molar-refractivity contribution in [1.82, 2.24) is 0 Å². The normalized spacial score (nSPS) is 55.9. The fraction of sp³-hybridized carbons (Fsp3) is 0.952. The van der Waals surface area contributed by atoms with E-state index in [1.54, 1.807) is 6.92 Å². The van der Waals surface area contributed by atoms with Crippen molar-refractivity contribution in [2.24, 2.45) is 50.2 Å². The first-order chi connectivity index (χ1) is 44.0. The zero-order chi connectivity index (χ0) is 68.6. The van der Waals surface area contributed by atoms with E-state index in [0.717, 1.165) is 5.57 Å². The summed E-state index contributed by atoms with van der Waals surface area (Å²) in [5, 5.41) is 200. The Labute approximate surface area is 543 Å². The van der Waals surface area contributed by atoms with E-state index in [0.29, 0.717) is 32.1 Å². The first-order valence-corrected chi connectivity index (χ1v) is 33.1. The molecule has 540 valence electrons. The first-order valence-electron chi connectivity index (χ1n) is 33.1. The van der Waals surface area contributed by atoms with Crippen LogP contribution in [0.3, 0.4) is 0 Å². The van der Waals surface area contributed by atoms with Gasteiger partial charge in [0.1, 0.15) is 103 Å². The van der Waals surface area contributed by atoms with Crippen LogP contribution in [0.25, 0.3) is 0 Å². The van der Waals surface area contributed by atoms with Gasteiger partial charge >= 0.3 is 5.97 Å². The minimum Gasteiger partial charge on any atom is -0.432 e. The number of aliphatic hydroxyl groups is 18. The van der Waals surface area contributed by atoms with Gasteiger partial charge in [-0.2, -0.15) is 0 Å². The van der Waals surface area contributed by atoms with Gasteiger partial charge in [0.25, 0.3) is 0 Å². The van der Waals surface area contributed by atoms with Gasteiger partial charge in [0, 0.05) is 11.3 Å². The third-order valence-electron chi connectivity index (χ3n) is 24.5. The van der Waals surface area contributed by atoms with Crippen LogP contribution < -0.4 is 0 Å². The van der Waals surface area contributed by atoms with Crippen LogP contribution in [0.2, 0.25) is 0 Å². The second kappa shape index (κ2) is 26.8. The molecule has 0 aromatic heterocycles. The lowest BCUT2D eigenvalue weighted by Crippen LogP contribution is -2.72. The largest absolute Gasteiger partial charge is 0.432 e. The fourth-order valence-corrected chi connectivity index (χ4v) is 18.9. The van der Waals surface area contributed by atoms with Crippen LogP contribution in [0.1, 0.15) is 107 Å². The van der Waals surface area contributed by atoms with Crippen molar-refractivity contribution in [3.63, 3.8) is 0 Å². The van der Waals surface area contributed by atoms with Crippen molar-refractivity contribution in [2.45, 2.75) is 284 Å². The number of esters is 1. The molecule has 0 bridgehead atoms. The Balaban J connectivity index is 0.843. The molecule has 0 amide bonds. The Hall–Kier alpha value is -1.95. The number of hydrogen-bond acceptors (Lipinski definition) is 31. The highest BCUT2D eigenvalue weighted by Gasteiger charge is 2.74. The van der Waals surface area contributed by atoms with E-state index in [9.17, 15) is 91.9 Å². The molecule has 31 nitrogen and oxygen atoms in total. The summed E-state index contributed by atoms with van der Waals surface area (Å²) in [5.74, 6) is -2.09. The number of hydrogen-bond donors (Lipinski definition) is 18. The summed E-state index contributed by atoms with van der Waals surface area (Å²) in [6.07, 6.45) is -41.2. The topological polar surface area (TPSA) is 492 Å². The third-order valence-corrected chi connectivity index (χ3v) is 24.5. The van der Waals surface area contributed by atoms with Crippen LogP contribution >= 0.6 is 0 Å². The van der Waals surface area contributed by atoms with E-state index in [2.05, 4.69) is 33.8 Å². The molecule has 6 heterocycles. The van der Waals surface area contributed by atoms with Crippen molar-refractivity contribution in [1.29, 1.82) is 0 Å². The number of rotatable bonds is 15. The van der Waals surface area contributed by atoms with Crippen LogP contribution in [0.4, 0.5) is 0 Å². The molecule has 11 aliphatic rings. The van der Waals surface area contributed by atoms with Gasteiger partial charge in [0.2, 0.25) is 6.29 Å². The zero-order valence-electron chi connectivity index (χ0n) is 54.2. The molecule has 0 aromatic carbocycles. The molecular weight excluding hydrogens is 1250 g/mol. The summed E-state index contributed by atoms with van der Waals surface area (Å²) in [4.78, 5) is 15.7. The maximum absolute atomic E-state index is 15.7. The maximum Gasteiger partial charge on any atom is 0.315 e. The molecule has 6 saturated heterocycles. The molecular formula is C63H102O31. The van der Waals surface area contributed by atoms with E-state index in [1.165, 1.54) is 13.8 Å². The molecule has 10 fully saturated rings. The Morgan fingerprint density at radius 2 is 1.12 bits per heavy atom. The van der Waals surface area contributed by atoms with Crippen LogP contribution in [0.15, 0.2) is 11.6 Å². The number of aliphatic hydroxyl groups excluding tert-OH is 17. The Morgan fingerprint density at radius 3 is 1.78 bits per heavy atom. The summed E-state index contributed by atoms with van der Waals surface area (Å²) in [6.45, 7) is 11.2. The van der Waals surface area contributed by atoms with Crippen LogP contribution in [-0.2, 0) is 61.6 Å². The minimum absolute atomic E-state index is 0.0764. The van der Waals surface area contributed by atoms with Crippen LogP contribution in [0.5, 0.6) is 0 Å². The molecule has 18 N–H and O–H groups in total. The fourth-order valence-electron chi connectivity index (χ4n) is 18.9. The molecule has 31 heteroatoms. The molecule has 0 aromatic rings. The minimum atomic E-state index is -2.13. The second-order valence-electron chi connectivity index (χ2n) is 30.8. The standard InChI is InChI=1S/C63H102O31/c1-24-34(71)37(74)39(76)51(86-24)91-45-42(79)53(87-25(2)43(45)89-50-41(78)44(31(70)20-83-50)90-55-48(80)63(82,22-66)23-85-55)92-46-35(72)30(69)19-84-54(46)94-56(81)62-13-11-57(3,4)15-27(62)26-9-10-33-58(5)16-29(68)49(93-52-40(77)38(75)36(73)32(18-64)88-52)59(6,21-65)47(58)28(67)17-61(33,8)60(26,7)12-14-62/h9,24-25,27-55,64-80,82H,10-23H2,1-8H3/t24-,25-,27-,28+,29-,30-,31+,32+,33?,34-,35-,36+,37+,38-,39+,40+,41+,42+,43-,44-,45-,46+,47?,48-,49-,50-,51-,52-,53-,54-,55-,58+,59-,60+,61+,62-,63+/m0/s1. The average Bonchev–Trinajstić information content (AvgIpc) is 0.721. The highest BCUT2D eigenvalue weighted by atomic mass is 16.8. The van der Waals surface area contributed by atoms with Crippen molar-refractivity contribution < 1.29 is 154 Å².